The van der Waals surface area contributed by atoms with Crippen molar-refractivity contribution in [3.05, 3.63) is 35.9 Å². The summed E-state index contributed by atoms with van der Waals surface area (Å²) in [5.41, 5.74) is 1.31. The molecular weight excluding hydrogens is 232 g/mol. The average molecular weight is 248 g/mol. The number of ether oxygens (including phenoxy) is 1. The van der Waals surface area contributed by atoms with Crippen LogP contribution in [0.1, 0.15) is 30.7 Å². The van der Waals surface area contributed by atoms with Gasteiger partial charge in [0.15, 0.2) is 5.75 Å². The van der Waals surface area contributed by atoms with Crippen molar-refractivity contribution in [1.29, 1.82) is 0 Å². The van der Waals surface area contributed by atoms with Crippen molar-refractivity contribution in [2.75, 3.05) is 7.11 Å². The lowest BCUT2D eigenvalue weighted by molar-refractivity contribution is 0.201. The first-order chi connectivity index (χ1) is 8.77. The van der Waals surface area contributed by atoms with Crippen LogP contribution in [-0.2, 0) is 6.54 Å². The van der Waals surface area contributed by atoms with Crippen LogP contribution in [0.15, 0.2) is 24.7 Å². The van der Waals surface area contributed by atoms with Crippen molar-refractivity contribution in [3.8, 4) is 5.75 Å². The number of aryl methyl sites for hydroxylation is 1. The topological polar surface area (TPSA) is 73.1 Å². The van der Waals surface area contributed by atoms with Crippen molar-refractivity contribution in [1.82, 2.24) is 20.0 Å². The molecule has 0 aromatic carbocycles. The summed E-state index contributed by atoms with van der Waals surface area (Å²) in [6.45, 7) is 2.78. The molecule has 2 aromatic rings. The highest BCUT2D eigenvalue weighted by Crippen LogP contribution is 2.29. The molecule has 6 heteroatoms. The molecule has 1 N–H and O–H groups in total. The molecule has 0 aliphatic heterocycles. The van der Waals surface area contributed by atoms with E-state index in [1.165, 1.54) is 6.20 Å². The molecule has 1 unspecified atom stereocenters. The number of aromatic nitrogens is 4. The van der Waals surface area contributed by atoms with Gasteiger partial charge in [-0.2, -0.15) is 15.3 Å². The average Bonchev–Trinajstić information content (AvgIpc) is 2.82. The van der Waals surface area contributed by atoms with Crippen LogP contribution in [0.4, 0.5) is 0 Å². The highest BCUT2D eigenvalue weighted by Gasteiger charge is 2.21. The van der Waals surface area contributed by atoms with Gasteiger partial charge in [-0.1, -0.05) is 6.92 Å². The van der Waals surface area contributed by atoms with E-state index in [0.29, 0.717) is 17.0 Å². The third-order valence-corrected chi connectivity index (χ3v) is 2.68. The second-order valence-electron chi connectivity index (χ2n) is 3.90. The van der Waals surface area contributed by atoms with Gasteiger partial charge in [0.1, 0.15) is 11.8 Å². The van der Waals surface area contributed by atoms with Crippen LogP contribution >= 0.6 is 0 Å². The second-order valence-corrected chi connectivity index (χ2v) is 3.90. The predicted molar refractivity (Wildman–Crippen MR) is 65.2 cm³/mol. The fourth-order valence-corrected chi connectivity index (χ4v) is 1.82. The second kappa shape index (κ2) is 5.59. The first-order valence-electron chi connectivity index (χ1n) is 5.82. The van der Waals surface area contributed by atoms with Gasteiger partial charge >= 0.3 is 0 Å². The first kappa shape index (κ1) is 12.5. The Bertz CT molecular complexity index is 498. The molecule has 0 aliphatic rings. The zero-order valence-corrected chi connectivity index (χ0v) is 10.4. The highest BCUT2D eigenvalue weighted by atomic mass is 16.5. The van der Waals surface area contributed by atoms with E-state index in [-0.39, 0.29) is 0 Å². The Morgan fingerprint density at radius 2 is 2.22 bits per heavy atom. The summed E-state index contributed by atoms with van der Waals surface area (Å²) in [6.07, 6.45) is 4.81. The standard InChI is InChI=1S/C12H16N4O2/c1-3-6-16-11(10(18-2)8-15-16)12(17)9-4-5-13-14-7-9/h4-5,7-8,12,17H,3,6H2,1-2H3. The molecular formula is C12H16N4O2. The van der Waals surface area contributed by atoms with E-state index < -0.39 is 6.10 Å². The summed E-state index contributed by atoms with van der Waals surface area (Å²) in [7, 11) is 1.56. The lowest BCUT2D eigenvalue weighted by atomic mass is 10.1. The largest absolute Gasteiger partial charge is 0.493 e. The molecule has 0 bridgehead atoms. The van der Waals surface area contributed by atoms with Crippen LogP contribution in [0.25, 0.3) is 0 Å². The van der Waals surface area contributed by atoms with Crippen molar-refractivity contribution in [2.45, 2.75) is 26.0 Å². The molecule has 0 fully saturated rings. The van der Waals surface area contributed by atoms with Gasteiger partial charge in [0.25, 0.3) is 0 Å². The van der Waals surface area contributed by atoms with E-state index in [4.69, 9.17) is 4.74 Å². The molecule has 2 heterocycles. The summed E-state index contributed by atoms with van der Waals surface area (Å²) < 4.78 is 6.99. The van der Waals surface area contributed by atoms with Crippen LogP contribution in [0.2, 0.25) is 0 Å². The molecule has 2 rings (SSSR count). The Morgan fingerprint density at radius 1 is 1.39 bits per heavy atom. The van der Waals surface area contributed by atoms with E-state index in [9.17, 15) is 5.11 Å². The maximum atomic E-state index is 10.4. The summed E-state index contributed by atoms with van der Waals surface area (Å²) >= 11 is 0. The minimum absolute atomic E-state index is 0.577. The van der Waals surface area contributed by atoms with Gasteiger partial charge in [-0.25, -0.2) is 0 Å². The number of rotatable bonds is 5. The quantitative estimate of drug-likeness (QED) is 0.860. The van der Waals surface area contributed by atoms with Gasteiger partial charge in [0.05, 0.1) is 19.5 Å². The Morgan fingerprint density at radius 3 is 2.83 bits per heavy atom. The minimum atomic E-state index is -0.815. The van der Waals surface area contributed by atoms with Crippen LogP contribution < -0.4 is 4.74 Å². The molecule has 18 heavy (non-hydrogen) atoms. The van der Waals surface area contributed by atoms with Crippen molar-refractivity contribution in [3.63, 3.8) is 0 Å². The summed E-state index contributed by atoms with van der Waals surface area (Å²) in [4.78, 5) is 0. The molecule has 0 aliphatic carbocycles. The van der Waals surface area contributed by atoms with E-state index >= 15 is 0 Å². The molecule has 0 saturated carbocycles. The third kappa shape index (κ3) is 2.33. The van der Waals surface area contributed by atoms with Crippen LogP contribution in [-0.4, -0.2) is 32.2 Å². The minimum Gasteiger partial charge on any atom is -0.493 e. The van der Waals surface area contributed by atoms with E-state index in [1.807, 2.05) is 0 Å². The van der Waals surface area contributed by atoms with Crippen LogP contribution in [0.5, 0.6) is 5.75 Å². The van der Waals surface area contributed by atoms with Gasteiger partial charge < -0.3 is 9.84 Å². The number of hydrogen-bond donors (Lipinski definition) is 1. The molecule has 2 aromatic heterocycles. The molecule has 6 nitrogen and oxygen atoms in total. The fraction of sp³-hybridized carbons (Fsp3) is 0.417. The number of hydrogen-bond acceptors (Lipinski definition) is 5. The normalized spacial score (nSPS) is 12.4. The molecule has 96 valence electrons. The third-order valence-electron chi connectivity index (χ3n) is 2.68. The predicted octanol–water partition coefficient (Wildman–Crippen LogP) is 1.17. The van der Waals surface area contributed by atoms with Gasteiger partial charge in [-0.3, -0.25) is 4.68 Å². The summed E-state index contributed by atoms with van der Waals surface area (Å²) in [5, 5.41) is 22.1. The van der Waals surface area contributed by atoms with E-state index in [2.05, 4.69) is 22.2 Å². The van der Waals surface area contributed by atoms with E-state index in [0.717, 1.165) is 13.0 Å². The Labute approximate surface area is 105 Å². The Hall–Kier alpha value is -1.95. The number of aliphatic hydroxyl groups is 1. The van der Waals surface area contributed by atoms with Gasteiger partial charge in [-0.15, -0.1) is 0 Å². The maximum Gasteiger partial charge on any atom is 0.163 e. The lowest BCUT2D eigenvalue weighted by Gasteiger charge is -2.14. The van der Waals surface area contributed by atoms with Crippen molar-refractivity contribution in [2.24, 2.45) is 0 Å². The van der Waals surface area contributed by atoms with E-state index in [1.54, 1.807) is 30.3 Å². The molecule has 0 spiro atoms. The zero-order chi connectivity index (χ0) is 13.0. The van der Waals surface area contributed by atoms with Gasteiger partial charge in [0.2, 0.25) is 0 Å². The number of aliphatic hydroxyl groups excluding tert-OH is 1. The SMILES string of the molecule is CCCn1ncc(OC)c1C(O)c1ccnnc1. The summed E-state index contributed by atoms with van der Waals surface area (Å²) in [5.74, 6) is 0.577. The maximum absolute atomic E-state index is 10.4. The molecule has 1 atom stereocenters. The Balaban J connectivity index is 2.39. The first-order valence-corrected chi connectivity index (χ1v) is 5.82. The lowest BCUT2D eigenvalue weighted by Crippen LogP contribution is -2.11. The highest BCUT2D eigenvalue weighted by molar-refractivity contribution is 5.33. The molecule has 0 radical (unpaired) electrons. The van der Waals surface area contributed by atoms with Crippen LogP contribution in [0.3, 0.4) is 0 Å². The fourth-order valence-electron chi connectivity index (χ4n) is 1.82. The number of methoxy groups -OCH3 is 1. The Kier molecular flexibility index (Phi) is 3.88. The van der Waals surface area contributed by atoms with Crippen molar-refractivity contribution < 1.29 is 9.84 Å². The molecule has 0 amide bonds. The zero-order valence-electron chi connectivity index (χ0n) is 10.4. The molecule has 0 saturated heterocycles. The smallest absolute Gasteiger partial charge is 0.163 e. The number of nitrogens with zero attached hydrogens (tertiary/aromatic N) is 4. The van der Waals surface area contributed by atoms with Gasteiger partial charge in [-0.05, 0) is 12.5 Å². The monoisotopic (exact) mass is 248 g/mol. The van der Waals surface area contributed by atoms with Gasteiger partial charge in [0, 0.05) is 18.3 Å². The van der Waals surface area contributed by atoms with Crippen LogP contribution in [0, 0.1) is 0 Å². The summed E-state index contributed by atoms with van der Waals surface area (Å²) in [6, 6.07) is 1.72. The van der Waals surface area contributed by atoms with Crippen molar-refractivity contribution >= 4 is 0 Å².